The Morgan fingerprint density at radius 3 is 2.82 bits per heavy atom. The lowest BCUT2D eigenvalue weighted by Crippen LogP contribution is -2.52. The maximum Gasteiger partial charge on any atom is 0.254 e. The summed E-state index contributed by atoms with van der Waals surface area (Å²) in [6, 6.07) is 5.60. The summed E-state index contributed by atoms with van der Waals surface area (Å²) in [5, 5.41) is 3.29. The van der Waals surface area contributed by atoms with Crippen LogP contribution < -0.4 is 14.8 Å². The van der Waals surface area contributed by atoms with Crippen LogP contribution in [0.4, 0.5) is 0 Å². The summed E-state index contributed by atoms with van der Waals surface area (Å²) in [5.41, 5.74) is 0.641. The van der Waals surface area contributed by atoms with E-state index in [2.05, 4.69) is 26.1 Å². The third-order valence-electron chi connectivity index (χ3n) is 3.74. The van der Waals surface area contributed by atoms with E-state index in [-0.39, 0.29) is 11.9 Å². The first-order valence-electron chi connectivity index (χ1n) is 7.85. The number of piperazine rings is 1. The summed E-state index contributed by atoms with van der Waals surface area (Å²) in [4.78, 5) is 14.6. The lowest BCUT2D eigenvalue weighted by Gasteiger charge is -2.34. The number of hydrogen-bond acceptors (Lipinski definition) is 4. The van der Waals surface area contributed by atoms with Gasteiger partial charge in [0, 0.05) is 31.2 Å². The number of hydrogen-bond donors (Lipinski definition) is 1. The summed E-state index contributed by atoms with van der Waals surface area (Å²) in [6.07, 6.45) is 0. The molecule has 1 aromatic carbocycles. The fraction of sp³-hybridized carbons (Fsp3) is 0.588. The number of carbonyl (C=O) groups is 1. The van der Waals surface area contributed by atoms with Crippen LogP contribution in [0, 0.1) is 5.92 Å². The molecule has 1 saturated heterocycles. The lowest BCUT2D eigenvalue weighted by atomic mass is 10.1. The van der Waals surface area contributed by atoms with Gasteiger partial charge < -0.3 is 19.7 Å². The van der Waals surface area contributed by atoms with Gasteiger partial charge in [0.2, 0.25) is 0 Å². The topological polar surface area (TPSA) is 50.8 Å². The first-order chi connectivity index (χ1) is 10.5. The predicted molar refractivity (Wildman–Crippen MR) is 86.7 cm³/mol. The Morgan fingerprint density at radius 2 is 2.18 bits per heavy atom. The molecule has 0 spiro atoms. The van der Waals surface area contributed by atoms with E-state index < -0.39 is 0 Å². The second-order valence-corrected chi connectivity index (χ2v) is 6.12. The van der Waals surface area contributed by atoms with Crippen molar-refractivity contribution in [1.82, 2.24) is 10.2 Å². The molecule has 1 amide bonds. The molecular weight excluding hydrogens is 280 g/mol. The molecule has 0 aliphatic carbocycles. The van der Waals surface area contributed by atoms with Crippen LogP contribution in [0.15, 0.2) is 18.2 Å². The van der Waals surface area contributed by atoms with E-state index in [1.165, 1.54) is 0 Å². The molecule has 2 rings (SSSR count). The Bertz CT molecular complexity index is 517. The minimum atomic E-state index is 0.0442. The van der Waals surface area contributed by atoms with Gasteiger partial charge in [-0.15, -0.1) is 0 Å². The quantitative estimate of drug-likeness (QED) is 0.906. The van der Waals surface area contributed by atoms with E-state index in [1.807, 2.05) is 17.0 Å². The van der Waals surface area contributed by atoms with Gasteiger partial charge in [0.15, 0.2) is 11.5 Å². The monoisotopic (exact) mass is 306 g/mol. The number of benzene rings is 1. The first kappa shape index (κ1) is 16.6. The van der Waals surface area contributed by atoms with E-state index in [0.717, 1.165) is 19.6 Å². The van der Waals surface area contributed by atoms with Crippen LogP contribution in [-0.2, 0) is 0 Å². The van der Waals surface area contributed by atoms with Crippen molar-refractivity contribution in [2.75, 3.05) is 33.4 Å². The molecule has 1 fully saturated rings. The lowest BCUT2D eigenvalue weighted by molar-refractivity contribution is 0.0655. The SMILES string of the molecule is COc1cc(C(=O)N2CCNC[C@@H]2C)ccc1OCC(C)C. The van der Waals surface area contributed by atoms with Gasteiger partial charge in [0.05, 0.1) is 13.7 Å². The number of nitrogens with one attached hydrogen (secondary N) is 1. The molecule has 22 heavy (non-hydrogen) atoms. The summed E-state index contributed by atoms with van der Waals surface area (Å²) < 4.78 is 11.1. The van der Waals surface area contributed by atoms with Crippen molar-refractivity contribution in [1.29, 1.82) is 0 Å². The van der Waals surface area contributed by atoms with E-state index in [0.29, 0.717) is 29.6 Å². The van der Waals surface area contributed by atoms with Gasteiger partial charge in [-0.25, -0.2) is 0 Å². The largest absolute Gasteiger partial charge is 0.493 e. The Hall–Kier alpha value is -1.75. The van der Waals surface area contributed by atoms with Gasteiger partial charge in [-0.1, -0.05) is 13.8 Å². The minimum Gasteiger partial charge on any atom is -0.493 e. The molecule has 5 heteroatoms. The summed E-state index contributed by atoms with van der Waals surface area (Å²) in [6.45, 7) is 9.27. The van der Waals surface area contributed by atoms with Gasteiger partial charge >= 0.3 is 0 Å². The molecule has 0 aromatic heterocycles. The molecule has 1 aliphatic heterocycles. The number of rotatable bonds is 5. The minimum absolute atomic E-state index is 0.0442. The molecule has 1 atom stereocenters. The second-order valence-electron chi connectivity index (χ2n) is 6.12. The highest BCUT2D eigenvalue weighted by atomic mass is 16.5. The third kappa shape index (κ3) is 3.91. The number of methoxy groups -OCH3 is 1. The number of carbonyl (C=O) groups excluding carboxylic acids is 1. The summed E-state index contributed by atoms with van der Waals surface area (Å²) in [5.74, 6) is 1.77. The molecule has 1 aromatic rings. The molecule has 0 saturated carbocycles. The summed E-state index contributed by atoms with van der Waals surface area (Å²) >= 11 is 0. The molecular formula is C17H26N2O3. The van der Waals surface area contributed by atoms with Crippen molar-refractivity contribution in [2.24, 2.45) is 5.92 Å². The maximum atomic E-state index is 12.7. The van der Waals surface area contributed by atoms with Crippen LogP contribution in [0.5, 0.6) is 11.5 Å². The maximum absolute atomic E-state index is 12.7. The number of nitrogens with zero attached hydrogens (tertiary/aromatic N) is 1. The highest BCUT2D eigenvalue weighted by molar-refractivity contribution is 5.95. The van der Waals surface area contributed by atoms with E-state index in [9.17, 15) is 4.79 Å². The van der Waals surface area contributed by atoms with E-state index in [4.69, 9.17) is 9.47 Å². The van der Waals surface area contributed by atoms with E-state index in [1.54, 1.807) is 13.2 Å². The van der Waals surface area contributed by atoms with Crippen LogP contribution in [0.3, 0.4) is 0 Å². The molecule has 1 aliphatic rings. The zero-order chi connectivity index (χ0) is 16.1. The van der Waals surface area contributed by atoms with Gasteiger partial charge in [0.25, 0.3) is 5.91 Å². The highest BCUT2D eigenvalue weighted by Gasteiger charge is 2.24. The third-order valence-corrected chi connectivity index (χ3v) is 3.74. The van der Waals surface area contributed by atoms with Crippen LogP contribution in [0.2, 0.25) is 0 Å². The molecule has 0 bridgehead atoms. The molecule has 1 heterocycles. The smallest absolute Gasteiger partial charge is 0.254 e. The predicted octanol–water partition coefficient (Wildman–Crippen LogP) is 2.16. The van der Waals surface area contributed by atoms with Crippen molar-refractivity contribution in [3.8, 4) is 11.5 Å². The molecule has 0 unspecified atom stereocenters. The normalized spacial score (nSPS) is 18.4. The molecule has 122 valence electrons. The van der Waals surface area contributed by atoms with Gasteiger partial charge in [-0.3, -0.25) is 4.79 Å². The average Bonchev–Trinajstić information content (AvgIpc) is 2.52. The summed E-state index contributed by atoms with van der Waals surface area (Å²) in [7, 11) is 1.60. The van der Waals surface area contributed by atoms with Crippen molar-refractivity contribution in [3.63, 3.8) is 0 Å². The standard InChI is InChI=1S/C17H26N2O3/c1-12(2)11-22-15-6-5-14(9-16(15)21-4)17(20)19-8-7-18-10-13(19)3/h5-6,9,12-13,18H,7-8,10-11H2,1-4H3/t13-/m0/s1. The van der Waals surface area contributed by atoms with Crippen molar-refractivity contribution >= 4 is 5.91 Å². The van der Waals surface area contributed by atoms with Crippen LogP contribution in [0.1, 0.15) is 31.1 Å². The second kappa shape index (κ2) is 7.49. The Balaban J connectivity index is 2.15. The Morgan fingerprint density at radius 1 is 1.41 bits per heavy atom. The molecule has 5 nitrogen and oxygen atoms in total. The molecule has 1 N–H and O–H groups in total. The Kier molecular flexibility index (Phi) is 5.66. The number of ether oxygens (including phenoxy) is 2. The van der Waals surface area contributed by atoms with Gasteiger partial charge in [-0.2, -0.15) is 0 Å². The van der Waals surface area contributed by atoms with Crippen LogP contribution in [-0.4, -0.2) is 50.2 Å². The fourth-order valence-electron chi connectivity index (χ4n) is 2.48. The van der Waals surface area contributed by atoms with Gasteiger partial charge in [-0.05, 0) is 31.0 Å². The zero-order valence-electron chi connectivity index (χ0n) is 13.9. The van der Waals surface area contributed by atoms with Crippen molar-refractivity contribution < 1.29 is 14.3 Å². The Labute approximate surface area is 132 Å². The van der Waals surface area contributed by atoms with Crippen molar-refractivity contribution in [3.05, 3.63) is 23.8 Å². The highest BCUT2D eigenvalue weighted by Crippen LogP contribution is 2.29. The van der Waals surface area contributed by atoms with Gasteiger partial charge in [0.1, 0.15) is 0 Å². The first-order valence-corrected chi connectivity index (χ1v) is 7.85. The van der Waals surface area contributed by atoms with Crippen molar-refractivity contribution in [2.45, 2.75) is 26.8 Å². The number of amides is 1. The zero-order valence-corrected chi connectivity index (χ0v) is 13.9. The van der Waals surface area contributed by atoms with Crippen LogP contribution in [0.25, 0.3) is 0 Å². The fourth-order valence-corrected chi connectivity index (χ4v) is 2.48. The molecule has 0 radical (unpaired) electrons. The average molecular weight is 306 g/mol. The van der Waals surface area contributed by atoms with E-state index >= 15 is 0 Å². The van der Waals surface area contributed by atoms with Crippen LogP contribution >= 0.6 is 0 Å².